The maximum absolute atomic E-state index is 11.8. The fourth-order valence-electron chi connectivity index (χ4n) is 3.97. The van der Waals surface area contributed by atoms with Crippen LogP contribution in [0.4, 0.5) is 0 Å². The van der Waals surface area contributed by atoms with Gasteiger partial charge in [0.25, 0.3) is 0 Å². The molecule has 0 N–H and O–H groups in total. The highest BCUT2D eigenvalue weighted by Gasteiger charge is 2.51. The fraction of sp³-hybridized carbons (Fsp3) is 0.667. The number of fused-ring (bicyclic) bond motifs is 3. The first-order valence-corrected chi connectivity index (χ1v) is 6.65. The summed E-state index contributed by atoms with van der Waals surface area (Å²) in [4.78, 5) is 11.8. The van der Waals surface area contributed by atoms with Gasteiger partial charge in [0, 0.05) is 11.8 Å². The summed E-state index contributed by atoms with van der Waals surface area (Å²) in [7, 11) is 0. The molecule has 0 radical (unpaired) electrons. The Bertz CT molecular complexity index is 396. The van der Waals surface area contributed by atoms with Crippen LogP contribution in [-0.4, -0.2) is 12.1 Å². The molecule has 3 aliphatic rings. The molecule has 2 saturated carbocycles. The van der Waals surface area contributed by atoms with Gasteiger partial charge in [-0.1, -0.05) is 31.2 Å². The smallest absolute Gasteiger partial charge is 0.309 e. The van der Waals surface area contributed by atoms with Crippen LogP contribution >= 0.6 is 0 Å². The SMILES string of the molecule is C=C1CC[C@H]2C(=C)CC[C@H]3C(C)C(=O)O[C@@H]3[C@@H]12. The third-order valence-electron chi connectivity index (χ3n) is 5.05. The molecule has 0 aromatic heterocycles. The average Bonchev–Trinajstić information content (AvgIpc) is 2.75. The van der Waals surface area contributed by atoms with Crippen molar-refractivity contribution in [3.05, 3.63) is 24.3 Å². The van der Waals surface area contributed by atoms with Gasteiger partial charge in [-0.2, -0.15) is 0 Å². The van der Waals surface area contributed by atoms with Gasteiger partial charge in [0.2, 0.25) is 0 Å². The summed E-state index contributed by atoms with van der Waals surface area (Å²) in [5, 5.41) is 0. The molecule has 2 nitrogen and oxygen atoms in total. The molecule has 5 atom stereocenters. The van der Waals surface area contributed by atoms with Crippen molar-refractivity contribution in [2.24, 2.45) is 23.7 Å². The standard InChI is InChI=1S/C15H20O2/c1-8-4-7-12-10(3)15(16)17-14(12)13-9(2)5-6-11(8)13/h10-14H,1-2,4-7H2,3H3/t10?,11-,12-,13-,14-/m0/s1. The molecule has 1 unspecified atom stereocenters. The topological polar surface area (TPSA) is 26.3 Å². The van der Waals surface area contributed by atoms with Crippen LogP contribution in [0.2, 0.25) is 0 Å². The molecule has 3 rings (SSSR count). The Labute approximate surface area is 103 Å². The van der Waals surface area contributed by atoms with Crippen molar-refractivity contribution in [1.82, 2.24) is 0 Å². The molecule has 92 valence electrons. The lowest BCUT2D eigenvalue weighted by molar-refractivity contribution is -0.145. The molecule has 2 aliphatic carbocycles. The number of allylic oxidation sites excluding steroid dienone is 1. The lowest BCUT2D eigenvalue weighted by atomic mass is 9.80. The Morgan fingerprint density at radius 1 is 1.18 bits per heavy atom. The van der Waals surface area contributed by atoms with E-state index in [-0.39, 0.29) is 18.0 Å². The molecular weight excluding hydrogens is 212 g/mol. The van der Waals surface area contributed by atoms with Crippen LogP contribution in [0.15, 0.2) is 24.3 Å². The Balaban J connectivity index is 1.97. The van der Waals surface area contributed by atoms with Crippen molar-refractivity contribution in [2.75, 3.05) is 0 Å². The highest BCUT2D eigenvalue weighted by molar-refractivity contribution is 5.75. The Morgan fingerprint density at radius 2 is 1.88 bits per heavy atom. The van der Waals surface area contributed by atoms with Crippen LogP contribution in [-0.2, 0) is 9.53 Å². The van der Waals surface area contributed by atoms with Crippen LogP contribution < -0.4 is 0 Å². The van der Waals surface area contributed by atoms with Gasteiger partial charge in [-0.3, -0.25) is 4.79 Å². The minimum absolute atomic E-state index is 0.00837. The van der Waals surface area contributed by atoms with Crippen molar-refractivity contribution in [1.29, 1.82) is 0 Å². The highest BCUT2D eigenvalue weighted by atomic mass is 16.6. The summed E-state index contributed by atoms with van der Waals surface area (Å²) in [6.45, 7) is 10.4. The van der Waals surface area contributed by atoms with Gasteiger partial charge >= 0.3 is 5.97 Å². The summed E-state index contributed by atoms with van der Waals surface area (Å²) < 4.78 is 5.65. The molecule has 1 saturated heterocycles. The second kappa shape index (κ2) is 3.72. The Morgan fingerprint density at radius 3 is 2.65 bits per heavy atom. The number of carbonyl (C=O) groups is 1. The van der Waals surface area contributed by atoms with Crippen molar-refractivity contribution in [3.8, 4) is 0 Å². The van der Waals surface area contributed by atoms with Crippen LogP contribution in [0, 0.1) is 23.7 Å². The van der Waals surface area contributed by atoms with E-state index < -0.39 is 0 Å². The number of rotatable bonds is 0. The van der Waals surface area contributed by atoms with E-state index in [4.69, 9.17) is 4.74 Å². The number of carbonyl (C=O) groups excluding carboxylic acids is 1. The monoisotopic (exact) mass is 232 g/mol. The summed E-state index contributed by atoms with van der Waals surface area (Å²) in [5.74, 6) is 1.29. The number of ether oxygens (including phenoxy) is 1. The van der Waals surface area contributed by atoms with E-state index in [1.165, 1.54) is 11.1 Å². The third kappa shape index (κ3) is 1.50. The van der Waals surface area contributed by atoms with Gasteiger partial charge in [0.05, 0.1) is 5.92 Å². The summed E-state index contributed by atoms with van der Waals surface area (Å²) in [5.41, 5.74) is 2.63. The molecule has 3 fully saturated rings. The zero-order chi connectivity index (χ0) is 12.2. The molecule has 0 spiro atoms. The molecular formula is C15H20O2. The van der Waals surface area contributed by atoms with Crippen LogP contribution in [0.3, 0.4) is 0 Å². The molecule has 1 aliphatic heterocycles. The zero-order valence-electron chi connectivity index (χ0n) is 10.4. The van der Waals surface area contributed by atoms with E-state index in [9.17, 15) is 4.79 Å². The molecule has 1 heterocycles. The number of esters is 1. The van der Waals surface area contributed by atoms with Crippen LogP contribution in [0.5, 0.6) is 0 Å². The van der Waals surface area contributed by atoms with E-state index in [2.05, 4.69) is 13.2 Å². The quantitative estimate of drug-likeness (QED) is 0.474. The minimum atomic E-state index is -0.00837. The van der Waals surface area contributed by atoms with Gasteiger partial charge < -0.3 is 4.74 Å². The maximum Gasteiger partial charge on any atom is 0.309 e. The molecule has 17 heavy (non-hydrogen) atoms. The van der Waals surface area contributed by atoms with Gasteiger partial charge in [-0.05, 0) is 31.6 Å². The molecule has 0 aromatic carbocycles. The summed E-state index contributed by atoms with van der Waals surface area (Å²) >= 11 is 0. The largest absolute Gasteiger partial charge is 0.461 e. The van der Waals surface area contributed by atoms with Crippen molar-refractivity contribution >= 4 is 5.97 Å². The highest BCUT2D eigenvalue weighted by Crippen LogP contribution is 2.51. The average molecular weight is 232 g/mol. The zero-order valence-corrected chi connectivity index (χ0v) is 10.4. The fourth-order valence-corrected chi connectivity index (χ4v) is 3.97. The third-order valence-corrected chi connectivity index (χ3v) is 5.05. The first-order valence-electron chi connectivity index (χ1n) is 6.65. The van der Waals surface area contributed by atoms with Gasteiger partial charge in [-0.25, -0.2) is 0 Å². The number of hydrogen-bond acceptors (Lipinski definition) is 2. The van der Waals surface area contributed by atoms with Gasteiger partial charge in [0.1, 0.15) is 6.10 Å². The Hall–Kier alpha value is -1.05. The van der Waals surface area contributed by atoms with E-state index >= 15 is 0 Å². The lowest BCUT2D eigenvalue weighted by Gasteiger charge is -2.26. The van der Waals surface area contributed by atoms with Crippen LogP contribution in [0.25, 0.3) is 0 Å². The predicted molar refractivity (Wildman–Crippen MR) is 66.3 cm³/mol. The first-order chi connectivity index (χ1) is 8.09. The van der Waals surface area contributed by atoms with Crippen LogP contribution in [0.1, 0.15) is 32.6 Å². The van der Waals surface area contributed by atoms with Crippen molar-refractivity contribution < 1.29 is 9.53 Å². The minimum Gasteiger partial charge on any atom is -0.461 e. The lowest BCUT2D eigenvalue weighted by Crippen LogP contribution is -2.29. The van der Waals surface area contributed by atoms with Gasteiger partial charge in [-0.15, -0.1) is 0 Å². The first kappa shape index (κ1) is 11.1. The van der Waals surface area contributed by atoms with E-state index in [1.54, 1.807) is 0 Å². The predicted octanol–water partition coefficient (Wildman–Crippen LogP) is 3.10. The number of hydrogen-bond donors (Lipinski definition) is 0. The molecule has 0 aromatic rings. The van der Waals surface area contributed by atoms with E-state index in [0.717, 1.165) is 25.7 Å². The van der Waals surface area contributed by atoms with Gasteiger partial charge in [0.15, 0.2) is 0 Å². The maximum atomic E-state index is 11.8. The second-order valence-electron chi connectivity index (χ2n) is 5.88. The normalized spacial score (nSPS) is 45.2. The van der Waals surface area contributed by atoms with Crippen molar-refractivity contribution in [2.45, 2.75) is 38.7 Å². The summed E-state index contributed by atoms with van der Waals surface area (Å²) in [6.07, 6.45) is 4.41. The summed E-state index contributed by atoms with van der Waals surface area (Å²) in [6, 6.07) is 0. The van der Waals surface area contributed by atoms with E-state index in [0.29, 0.717) is 17.8 Å². The molecule has 2 heteroatoms. The van der Waals surface area contributed by atoms with Crippen molar-refractivity contribution in [3.63, 3.8) is 0 Å². The Kier molecular flexibility index (Phi) is 2.42. The van der Waals surface area contributed by atoms with E-state index in [1.807, 2.05) is 6.92 Å². The molecule has 0 bridgehead atoms. The second-order valence-corrected chi connectivity index (χ2v) is 5.88. The molecule has 0 amide bonds.